The minimum atomic E-state index is -1.59. The Hall–Kier alpha value is -5.01. The first-order chi connectivity index (χ1) is 20.1. The van der Waals surface area contributed by atoms with E-state index in [1.165, 1.54) is 6.07 Å². The van der Waals surface area contributed by atoms with Crippen molar-refractivity contribution in [2.24, 2.45) is 0 Å². The molecule has 2 saturated heterocycles. The SMILES string of the molecule is COC(=O)NC1CCC(=O)N2CCCC(C(=O)NC(CC(=O)O)C(=O)COC(=O)c3cccc4ccccc34)N2C1=O. The van der Waals surface area contributed by atoms with Gasteiger partial charge in [0.05, 0.1) is 19.1 Å². The Bertz CT molecular complexity index is 1420. The van der Waals surface area contributed by atoms with Gasteiger partial charge in [-0.05, 0) is 36.1 Å². The Labute approximate surface area is 239 Å². The third-order valence-electron chi connectivity index (χ3n) is 7.08. The highest BCUT2D eigenvalue weighted by Crippen LogP contribution is 2.25. The number of esters is 1. The highest BCUT2D eigenvalue weighted by Gasteiger charge is 2.45. The van der Waals surface area contributed by atoms with Gasteiger partial charge < -0.3 is 25.2 Å². The fraction of sp³-hybridized carbons (Fsp3) is 0.393. The number of ether oxygens (including phenoxy) is 2. The maximum absolute atomic E-state index is 13.4. The molecule has 3 atom stereocenters. The molecule has 3 unspecified atom stereocenters. The number of carbonyl (C=O) groups is 7. The number of Topliss-reactive ketones (excluding diaryl/α,β-unsaturated/α-hetero) is 1. The first kappa shape index (κ1) is 30.0. The number of aliphatic carboxylic acids is 1. The molecular formula is C28H30N4O10. The summed E-state index contributed by atoms with van der Waals surface area (Å²) in [4.78, 5) is 88.6. The van der Waals surface area contributed by atoms with Gasteiger partial charge in [0.1, 0.15) is 18.1 Å². The molecule has 2 aromatic rings. The Morgan fingerprint density at radius 3 is 2.52 bits per heavy atom. The molecule has 4 rings (SSSR count). The molecule has 3 N–H and O–H groups in total. The summed E-state index contributed by atoms with van der Waals surface area (Å²) < 4.78 is 9.74. The fourth-order valence-corrected chi connectivity index (χ4v) is 5.01. The van der Waals surface area contributed by atoms with Crippen LogP contribution < -0.4 is 10.6 Å². The normalized spacial score (nSPS) is 19.3. The van der Waals surface area contributed by atoms with E-state index in [9.17, 15) is 38.7 Å². The zero-order valence-electron chi connectivity index (χ0n) is 22.7. The Kier molecular flexibility index (Phi) is 9.35. The number of alkyl carbamates (subject to hydrolysis) is 1. The number of amides is 4. The summed E-state index contributed by atoms with van der Waals surface area (Å²) in [6.45, 7) is -0.662. The number of carboxylic acids is 1. The van der Waals surface area contributed by atoms with Crippen LogP contribution >= 0.6 is 0 Å². The van der Waals surface area contributed by atoms with Crippen LogP contribution in [0.5, 0.6) is 0 Å². The van der Waals surface area contributed by atoms with Crippen molar-refractivity contribution in [3.05, 3.63) is 48.0 Å². The lowest BCUT2D eigenvalue weighted by Gasteiger charge is -2.43. The number of carbonyl (C=O) groups excluding carboxylic acids is 6. The molecule has 0 bridgehead atoms. The smallest absolute Gasteiger partial charge is 0.407 e. The zero-order valence-corrected chi connectivity index (χ0v) is 22.7. The molecule has 42 heavy (non-hydrogen) atoms. The van der Waals surface area contributed by atoms with E-state index >= 15 is 0 Å². The topological polar surface area (TPSA) is 189 Å². The molecule has 2 aliphatic heterocycles. The molecule has 2 aliphatic rings. The van der Waals surface area contributed by atoms with Gasteiger partial charge in [-0.3, -0.25) is 29.0 Å². The molecule has 0 saturated carbocycles. The summed E-state index contributed by atoms with van der Waals surface area (Å²) in [5, 5.41) is 17.6. The molecule has 2 fully saturated rings. The predicted octanol–water partition coefficient (Wildman–Crippen LogP) is 0.778. The van der Waals surface area contributed by atoms with Crippen LogP contribution in [-0.4, -0.2) is 95.0 Å². The zero-order chi connectivity index (χ0) is 30.4. The number of rotatable bonds is 9. The maximum Gasteiger partial charge on any atom is 0.407 e. The summed E-state index contributed by atoms with van der Waals surface area (Å²) >= 11 is 0. The molecule has 4 amide bonds. The number of methoxy groups -OCH3 is 1. The molecule has 0 aliphatic carbocycles. The first-order valence-electron chi connectivity index (χ1n) is 13.3. The number of nitrogens with zero attached hydrogens (tertiary/aromatic N) is 2. The molecular weight excluding hydrogens is 552 g/mol. The van der Waals surface area contributed by atoms with Crippen molar-refractivity contribution in [1.29, 1.82) is 0 Å². The van der Waals surface area contributed by atoms with E-state index in [0.717, 1.165) is 22.5 Å². The van der Waals surface area contributed by atoms with Crippen LogP contribution in [0.1, 0.15) is 42.5 Å². The molecule has 0 aromatic heterocycles. The second kappa shape index (κ2) is 13.1. The fourth-order valence-electron chi connectivity index (χ4n) is 5.01. The van der Waals surface area contributed by atoms with Crippen molar-refractivity contribution in [1.82, 2.24) is 20.7 Å². The summed E-state index contributed by atoms with van der Waals surface area (Å²) in [6, 6.07) is 8.05. The summed E-state index contributed by atoms with van der Waals surface area (Å²) in [7, 11) is 1.12. The van der Waals surface area contributed by atoms with Crippen LogP contribution in [0.25, 0.3) is 10.8 Å². The van der Waals surface area contributed by atoms with Crippen molar-refractivity contribution < 1.29 is 48.1 Å². The van der Waals surface area contributed by atoms with Crippen LogP contribution in [0.2, 0.25) is 0 Å². The monoisotopic (exact) mass is 582 g/mol. The van der Waals surface area contributed by atoms with E-state index in [1.54, 1.807) is 36.4 Å². The summed E-state index contributed by atoms with van der Waals surface area (Å²) in [5.74, 6) is -5.12. The van der Waals surface area contributed by atoms with E-state index in [4.69, 9.17) is 4.74 Å². The number of fused-ring (bicyclic) bond motifs is 2. The van der Waals surface area contributed by atoms with Gasteiger partial charge in [0.15, 0.2) is 12.4 Å². The average Bonchev–Trinajstić information content (AvgIpc) is 3.10. The summed E-state index contributed by atoms with van der Waals surface area (Å²) in [5.41, 5.74) is 0.210. The number of ketones is 1. The molecule has 0 spiro atoms. The minimum Gasteiger partial charge on any atom is -0.481 e. The van der Waals surface area contributed by atoms with Crippen LogP contribution in [0.15, 0.2) is 42.5 Å². The van der Waals surface area contributed by atoms with E-state index in [0.29, 0.717) is 11.8 Å². The molecule has 14 nitrogen and oxygen atoms in total. The van der Waals surface area contributed by atoms with Crippen LogP contribution in [-0.2, 0) is 33.4 Å². The van der Waals surface area contributed by atoms with Gasteiger partial charge >= 0.3 is 18.0 Å². The van der Waals surface area contributed by atoms with Crippen molar-refractivity contribution in [2.75, 3.05) is 20.3 Å². The molecule has 2 aromatic carbocycles. The third-order valence-corrected chi connectivity index (χ3v) is 7.08. The van der Waals surface area contributed by atoms with E-state index in [2.05, 4.69) is 15.4 Å². The molecule has 14 heteroatoms. The van der Waals surface area contributed by atoms with Crippen LogP contribution in [0.3, 0.4) is 0 Å². The van der Waals surface area contributed by atoms with Gasteiger partial charge in [-0.25, -0.2) is 14.6 Å². The van der Waals surface area contributed by atoms with Gasteiger partial charge in [0.2, 0.25) is 11.8 Å². The number of hydrogen-bond donors (Lipinski definition) is 3. The Balaban J connectivity index is 1.48. The average molecular weight is 583 g/mol. The van der Waals surface area contributed by atoms with Crippen molar-refractivity contribution >= 4 is 52.3 Å². The number of hydrazine groups is 1. The second-order valence-corrected chi connectivity index (χ2v) is 9.81. The second-order valence-electron chi connectivity index (χ2n) is 9.81. The molecule has 0 radical (unpaired) electrons. The van der Waals surface area contributed by atoms with Gasteiger partial charge in [0, 0.05) is 13.0 Å². The van der Waals surface area contributed by atoms with Crippen molar-refractivity contribution in [3.8, 4) is 0 Å². The number of carboxylic acid groups (broad SMARTS) is 1. The Morgan fingerprint density at radius 1 is 1.05 bits per heavy atom. The van der Waals surface area contributed by atoms with Gasteiger partial charge in [-0.1, -0.05) is 36.4 Å². The number of hydrogen-bond acceptors (Lipinski definition) is 9. The van der Waals surface area contributed by atoms with Crippen LogP contribution in [0, 0.1) is 0 Å². The van der Waals surface area contributed by atoms with Crippen molar-refractivity contribution in [3.63, 3.8) is 0 Å². The van der Waals surface area contributed by atoms with E-state index in [1.807, 2.05) is 0 Å². The largest absolute Gasteiger partial charge is 0.481 e. The third kappa shape index (κ3) is 6.65. The van der Waals surface area contributed by atoms with Crippen molar-refractivity contribution in [2.45, 2.75) is 50.2 Å². The highest BCUT2D eigenvalue weighted by atomic mass is 16.5. The number of nitrogens with one attached hydrogen (secondary N) is 2. The standard InChI is InChI=1S/C28H30N4O10/c1-41-28(40)30-19-11-12-23(34)31-13-5-10-21(32(31)26(19)38)25(37)29-20(14-24(35)36)22(33)15-42-27(39)18-9-4-7-16-6-2-3-8-17(16)18/h2-4,6-9,19-21H,5,10-15H2,1H3,(H,29,37)(H,30,40)(H,35,36). The lowest BCUT2D eigenvalue weighted by Crippen LogP contribution is -2.64. The predicted molar refractivity (Wildman–Crippen MR) is 144 cm³/mol. The van der Waals surface area contributed by atoms with E-state index in [-0.39, 0.29) is 31.4 Å². The van der Waals surface area contributed by atoms with Gasteiger partial charge in [0.25, 0.3) is 5.91 Å². The maximum atomic E-state index is 13.4. The van der Waals surface area contributed by atoms with Gasteiger partial charge in [-0.2, -0.15) is 0 Å². The molecule has 222 valence electrons. The minimum absolute atomic E-state index is 0.0176. The van der Waals surface area contributed by atoms with Crippen LogP contribution in [0.4, 0.5) is 4.79 Å². The molecule has 2 heterocycles. The Morgan fingerprint density at radius 2 is 1.79 bits per heavy atom. The quantitative estimate of drug-likeness (QED) is 0.356. The number of benzene rings is 2. The summed E-state index contributed by atoms with van der Waals surface area (Å²) in [6.07, 6.45) is -1.34. The lowest BCUT2D eigenvalue weighted by molar-refractivity contribution is -0.176. The van der Waals surface area contributed by atoms with Gasteiger partial charge in [-0.15, -0.1) is 0 Å². The highest BCUT2D eigenvalue weighted by molar-refractivity contribution is 6.05. The van der Waals surface area contributed by atoms with E-state index < -0.39 is 72.7 Å². The lowest BCUT2D eigenvalue weighted by atomic mass is 10.0. The first-order valence-corrected chi connectivity index (χ1v) is 13.3.